The summed E-state index contributed by atoms with van der Waals surface area (Å²) in [5, 5.41) is 33.0. The Morgan fingerprint density at radius 1 is 1.31 bits per heavy atom. The van der Waals surface area contributed by atoms with Crippen LogP contribution in [0.1, 0.15) is 42.6 Å². The van der Waals surface area contributed by atoms with Crippen molar-refractivity contribution < 1.29 is 14.3 Å². The van der Waals surface area contributed by atoms with E-state index in [4.69, 9.17) is 5.26 Å². The van der Waals surface area contributed by atoms with Gasteiger partial charge in [-0.25, -0.2) is 8.91 Å². The van der Waals surface area contributed by atoms with Gasteiger partial charge in [0.05, 0.1) is 52.1 Å². The van der Waals surface area contributed by atoms with Crippen LogP contribution in [-0.4, -0.2) is 63.1 Å². The van der Waals surface area contributed by atoms with E-state index in [9.17, 15) is 14.3 Å². The fraction of sp³-hybridized carbons (Fsp3) is 0.462. The molecule has 36 heavy (non-hydrogen) atoms. The smallest absolute Gasteiger partial charge is 0.255 e. The highest BCUT2D eigenvalue weighted by atomic mass is 19.1. The molecule has 1 amide bonds. The van der Waals surface area contributed by atoms with Crippen molar-refractivity contribution in [2.75, 3.05) is 25.0 Å². The molecule has 9 nitrogen and oxygen atoms in total. The zero-order chi connectivity index (χ0) is 25.4. The van der Waals surface area contributed by atoms with E-state index in [2.05, 4.69) is 32.1 Å². The predicted molar refractivity (Wildman–Crippen MR) is 133 cm³/mol. The Morgan fingerprint density at radius 3 is 2.75 bits per heavy atom. The van der Waals surface area contributed by atoms with E-state index >= 15 is 0 Å². The van der Waals surface area contributed by atoms with Gasteiger partial charge in [0.2, 0.25) is 0 Å². The third-order valence-electron chi connectivity index (χ3n) is 7.26. The molecule has 4 heterocycles. The summed E-state index contributed by atoms with van der Waals surface area (Å²) < 4.78 is 16.0. The number of aliphatic hydroxyl groups is 1. The molecule has 4 N–H and O–H groups in total. The lowest BCUT2D eigenvalue weighted by atomic mass is 10.0. The second kappa shape index (κ2) is 9.48. The van der Waals surface area contributed by atoms with E-state index in [1.807, 2.05) is 18.2 Å². The number of pyridine rings is 1. The largest absolute Gasteiger partial charge is 0.387 e. The summed E-state index contributed by atoms with van der Waals surface area (Å²) in [6.45, 7) is 4.46. The molecule has 0 bridgehead atoms. The molecule has 4 atom stereocenters. The summed E-state index contributed by atoms with van der Waals surface area (Å²) in [5.74, 6) is 0.779. The maximum atomic E-state index is 14.3. The number of hydrogen-bond donors (Lipinski definition) is 4. The average molecular weight is 492 g/mol. The van der Waals surface area contributed by atoms with Gasteiger partial charge in [-0.1, -0.05) is 0 Å². The normalized spacial score (nSPS) is 22.2. The third kappa shape index (κ3) is 4.76. The van der Waals surface area contributed by atoms with Crippen molar-refractivity contribution in [1.29, 1.82) is 5.26 Å². The number of nitriles is 1. The molecule has 1 unspecified atom stereocenters. The Hall–Kier alpha value is -3.55. The molecular formula is C26H30FN7O2. The van der Waals surface area contributed by atoms with Crippen molar-refractivity contribution >= 4 is 17.1 Å². The van der Waals surface area contributed by atoms with E-state index in [0.29, 0.717) is 34.3 Å². The second-order valence-electron chi connectivity index (χ2n) is 10.3. The van der Waals surface area contributed by atoms with Crippen LogP contribution in [0.2, 0.25) is 0 Å². The highest BCUT2D eigenvalue weighted by Crippen LogP contribution is 2.37. The number of rotatable bonds is 7. The van der Waals surface area contributed by atoms with Gasteiger partial charge in [0.1, 0.15) is 12.2 Å². The Morgan fingerprint density at radius 2 is 2.06 bits per heavy atom. The van der Waals surface area contributed by atoms with Gasteiger partial charge >= 0.3 is 0 Å². The number of carbonyl (C=O) groups excluding carboxylic acids is 1. The fourth-order valence-electron chi connectivity index (χ4n) is 5.18. The van der Waals surface area contributed by atoms with Crippen molar-refractivity contribution in [2.24, 2.45) is 11.8 Å². The standard InChI is InChI=1S/C26H30FN7O2/c1-26(2,36)24(27)14-31-25(35)20-13-30-22(23-4-3-19-5-15(9-28)10-32-34(19)23)8-21(20)33-18-6-16-11-29-12-17(16)7-18/h3-5,8,10,13,16-18,24,29,36H,6-7,11-12,14H2,1-2H3,(H,30,33)(H,31,35)/t16-,17+,18?,24-/m1/s1. The van der Waals surface area contributed by atoms with E-state index < -0.39 is 17.7 Å². The van der Waals surface area contributed by atoms with Gasteiger partial charge in [0, 0.05) is 12.2 Å². The SMILES string of the molecule is CC(C)(O)[C@H](F)CNC(=O)c1cnc(-c2ccc3cc(C#N)cnn23)cc1NC1C[C@H]2CNC[C@H]2C1. The summed E-state index contributed by atoms with van der Waals surface area (Å²) in [6, 6.07) is 9.62. The minimum Gasteiger partial charge on any atom is -0.387 e. The Labute approximate surface area is 208 Å². The zero-order valence-electron chi connectivity index (χ0n) is 20.3. The maximum Gasteiger partial charge on any atom is 0.255 e. The van der Waals surface area contributed by atoms with Crippen molar-refractivity contribution in [3.63, 3.8) is 0 Å². The lowest BCUT2D eigenvalue weighted by molar-refractivity contribution is -0.00177. The zero-order valence-corrected chi connectivity index (χ0v) is 20.3. The molecule has 2 aliphatic rings. The van der Waals surface area contributed by atoms with Crippen LogP contribution in [0, 0.1) is 23.2 Å². The number of amides is 1. The van der Waals surface area contributed by atoms with E-state index in [1.165, 1.54) is 26.2 Å². The average Bonchev–Trinajstić information content (AvgIpc) is 3.56. The van der Waals surface area contributed by atoms with Gasteiger partial charge in [-0.3, -0.25) is 9.78 Å². The number of aromatic nitrogens is 3. The molecule has 0 radical (unpaired) electrons. The van der Waals surface area contributed by atoms with Crippen LogP contribution >= 0.6 is 0 Å². The maximum absolute atomic E-state index is 14.3. The van der Waals surface area contributed by atoms with E-state index in [-0.39, 0.29) is 12.6 Å². The number of carbonyl (C=O) groups is 1. The quantitative estimate of drug-likeness (QED) is 0.400. The monoisotopic (exact) mass is 491 g/mol. The van der Waals surface area contributed by atoms with Gasteiger partial charge in [-0.15, -0.1) is 0 Å². The summed E-state index contributed by atoms with van der Waals surface area (Å²) in [7, 11) is 0. The summed E-state index contributed by atoms with van der Waals surface area (Å²) in [4.78, 5) is 17.6. The molecule has 3 aromatic rings. The number of halogens is 1. The van der Waals surface area contributed by atoms with Crippen LogP contribution in [0.15, 0.2) is 36.7 Å². The Kier molecular flexibility index (Phi) is 6.36. The highest BCUT2D eigenvalue weighted by molar-refractivity contribution is 6.00. The lowest BCUT2D eigenvalue weighted by Crippen LogP contribution is -2.42. The molecule has 188 valence electrons. The summed E-state index contributed by atoms with van der Waals surface area (Å²) in [5.41, 5.74) is 1.96. The molecular weight excluding hydrogens is 461 g/mol. The van der Waals surface area contributed by atoms with Crippen molar-refractivity contribution in [3.05, 3.63) is 47.8 Å². The minimum absolute atomic E-state index is 0.217. The molecule has 2 fully saturated rings. The number of anilines is 1. The van der Waals surface area contributed by atoms with Crippen LogP contribution in [0.4, 0.5) is 10.1 Å². The predicted octanol–water partition coefficient (Wildman–Crippen LogP) is 2.52. The molecule has 3 aromatic heterocycles. The van der Waals surface area contributed by atoms with Crippen LogP contribution in [0.25, 0.3) is 16.9 Å². The van der Waals surface area contributed by atoms with Gasteiger partial charge in [0.25, 0.3) is 5.91 Å². The van der Waals surface area contributed by atoms with Crippen LogP contribution in [0.3, 0.4) is 0 Å². The van der Waals surface area contributed by atoms with Crippen LogP contribution in [-0.2, 0) is 0 Å². The Balaban J connectivity index is 1.45. The van der Waals surface area contributed by atoms with Crippen LogP contribution < -0.4 is 16.0 Å². The first-order chi connectivity index (χ1) is 17.2. The number of nitrogens with zero attached hydrogens (tertiary/aromatic N) is 4. The van der Waals surface area contributed by atoms with E-state index in [1.54, 1.807) is 10.6 Å². The number of hydrogen-bond acceptors (Lipinski definition) is 7. The van der Waals surface area contributed by atoms with Crippen molar-refractivity contribution in [1.82, 2.24) is 25.2 Å². The van der Waals surface area contributed by atoms with Gasteiger partial charge in [-0.2, -0.15) is 10.4 Å². The fourth-order valence-corrected chi connectivity index (χ4v) is 5.18. The second-order valence-corrected chi connectivity index (χ2v) is 10.3. The Bertz CT molecular complexity index is 1310. The number of nitrogens with one attached hydrogen (secondary N) is 3. The third-order valence-corrected chi connectivity index (χ3v) is 7.26. The molecule has 10 heteroatoms. The molecule has 1 aliphatic carbocycles. The van der Waals surface area contributed by atoms with Crippen molar-refractivity contribution in [2.45, 2.75) is 44.5 Å². The summed E-state index contributed by atoms with van der Waals surface area (Å²) in [6.07, 6.45) is 3.40. The van der Waals surface area contributed by atoms with E-state index in [0.717, 1.165) is 37.1 Å². The lowest BCUT2D eigenvalue weighted by Gasteiger charge is -2.23. The number of fused-ring (bicyclic) bond motifs is 2. The topological polar surface area (TPSA) is 127 Å². The molecule has 5 rings (SSSR count). The first-order valence-corrected chi connectivity index (χ1v) is 12.2. The minimum atomic E-state index is -1.61. The highest BCUT2D eigenvalue weighted by Gasteiger charge is 2.37. The van der Waals surface area contributed by atoms with Gasteiger partial charge in [-0.05, 0) is 75.9 Å². The van der Waals surface area contributed by atoms with Gasteiger partial charge in [0.15, 0.2) is 0 Å². The molecule has 1 saturated heterocycles. The summed E-state index contributed by atoms with van der Waals surface area (Å²) >= 11 is 0. The molecule has 0 spiro atoms. The first kappa shape index (κ1) is 24.2. The first-order valence-electron chi connectivity index (χ1n) is 12.2. The number of alkyl halides is 1. The van der Waals surface area contributed by atoms with Gasteiger partial charge < -0.3 is 21.1 Å². The van der Waals surface area contributed by atoms with Crippen LogP contribution in [0.5, 0.6) is 0 Å². The molecule has 1 aliphatic heterocycles. The molecule has 1 saturated carbocycles. The van der Waals surface area contributed by atoms with Crippen molar-refractivity contribution in [3.8, 4) is 17.5 Å². The molecule has 0 aromatic carbocycles.